The molecule has 0 spiro atoms. The molecule has 0 heterocycles. The van der Waals surface area contributed by atoms with Crippen molar-refractivity contribution in [3.8, 4) is 0 Å². The highest BCUT2D eigenvalue weighted by atomic mass is 35.5. The van der Waals surface area contributed by atoms with Gasteiger partial charge in [0.15, 0.2) is 0 Å². The second-order valence-corrected chi connectivity index (χ2v) is 11.1. The summed E-state index contributed by atoms with van der Waals surface area (Å²) < 4.78 is 39.5. The summed E-state index contributed by atoms with van der Waals surface area (Å²) in [7, 11) is -3.94. The number of carbonyl (C=O) groups excluding carboxylic acids is 2. The van der Waals surface area contributed by atoms with E-state index < -0.39 is 40.2 Å². The molecule has 0 aromatic heterocycles. The number of amides is 2. The number of hydrogen-bond acceptors (Lipinski definition) is 4. The van der Waals surface area contributed by atoms with Crippen LogP contribution < -0.4 is 9.62 Å². The lowest BCUT2D eigenvalue weighted by Crippen LogP contribution is -2.51. The fourth-order valence-corrected chi connectivity index (χ4v) is 4.42. The number of nitrogens with one attached hydrogen (secondary N) is 1. The van der Waals surface area contributed by atoms with Gasteiger partial charge < -0.3 is 10.2 Å². The van der Waals surface area contributed by atoms with Crippen LogP contribution in [0.1, 0.15) is 26.3 Å². The minimum absolute atomic E-state index is 0.00256. The van der Waals surface area contributed by atoms with E-state index in [0.717, 1.165) is 16.6 Å². The van der Waals surface area contributed by atoms with Gasteiger partial charge in [0, 0.05) is 23.1 Å². The molecule has 0 saturated carbocycles. The predicted octanol–water partition coefficient (Wildman–Crippen LogP) is 4.09. The van der Waals surface area contributed by atoms with Gasteiger partial charge in [-0.05, 0) is 48.7 Å². The number of hydrogen-bond donors (Lipinski definition) is 1. The van der Waals surface area contributed by atoms with Crippen LogP contribution in [0.25, 0.3) is 0 Å². The molecule has 0 bridgehead atoms. The van der Waals surface area contributed by atoms with Gasteiger partial charge in [-0.2, -0.15) is 0 Å². The molecular formula is C23H28Cl2FN3O4S. The van der Waals surface area contributed by atoms with E-state index in [4.69, 9.17) is 23.2 Å². The molecule has 11 heteroatoms. The van der Waals surface area contributed by atoms with Gasteiger partial charge in [0.2, 0.25) is 21.8 Å². The van der Waals surface area contributed by atoms with Gasteiger partial charge in [-0.1, -0.05) is 49.2 Å². The average molecular weight is 532 g/mol. The summed E-state index contributed by atoms with van der Waals surface area (Å²) in [5.41, 5.74) is 0.525. The molecule has 0 fully saturated rings. The minimum atomic E-state index is -3.94. The Hall–Kier alpha value is -2.36. The zero-order valence-electron chi connectivity index (χ0n) is 19.4. The van der Waals surface area contributed by atoms with Crippen molar-refractivity contribution in [3.63, 3.8) is 0 Å². The number of halogens is 3. The summed E-state index contributed by atoms with van der Waals surface area (Å²) in [5, 5.41) is 3.48. The molecular weight excluding hydrogens is 504 g/mol. The smallest absolute Gasteiger partial charge is 0.244 e. The van der Waals surface area contributed by atoms with E-state index in [1.807, 2.05) is 13.8 Å². The maximum atomic E-state index is 13.8. The highest BCUT2D eigenvalue weighted by Crippen LogP contribution is 2.24. The van der Waals surface area contributed by atoms with E-state index >= 15 is 0 Å². The maximum Gasteiger partial charge on any atom is 0.244 e. The van der Waals surface area contributed by atoms with Crippen molar-refractivity contribution in [2.45, 2.75) is 33.4 Å². The summed E-state index contributed by atoms with van der Waals surface area (Å²) in [5.74, 6) is -1.51. The number of rotatable bonds is 10. The quantitative estimate of drug-likeness (QED) is 0.500. The molecule has 34 heavy (non-hydrogen) atoms. The first kappa shape index (κ1) is 27.9. The molecule has 2 rings (SSSR count). The van der Waals surface area contributed by atoms with Crippen LogP contribution in [0.2, 0.25) is 10.0 Å². The number of nitrogens with zero attached hydrogens (tertiary/aromatic N) is 2. The normalized spacial score (nSPS) is 12.4. The van der Waals surface area contributed by atoms with E-state index in [1.165, 1.54) is 29.2 Å². The molecule has 186 valence electrons. The number of carbonyl (C=O) groups is 2. The Morgan fingerprint density at radius 1 is 1.09 bits per heavy atom. The second kappa shape index (κ2) is 11.9. The zero-order valence-corrected chi connectivity index (χ0v) is 21.7. The number of sulfonamides is 1. The lowest BCUT2D eigenvalue weighted by molar-refractivity contribution is -0.139. The highest BCUT2D eigenvalue weighted by Gasteiger charge is 2.30. The molecule has 2 aromatic rings. The fourth-order valence-electron chi connectivity index (χ4n) is 3.11. The van der Waals surface area contributed by atoms with Crippen molar-refractivity contribution < 1.29 is 22.4 Å². The third kappa shape index (κ3) is 7.85. The van der Waals surface area contributed by atoms with Crippen LogP contribution in [0.15, 0.2) is 42.5 Å². The molecule has 0 saturated heterocycles. The molecule has 0 aliphatic carbocycles. The SMILES string of the molecule is CC(C)CNC(=O)[C@H](C)N(Cc1ccc(Cl)cc1Cl)C(=O)CN(c1cccc(F)c1)S(C)(=O)=O. The van der Waals surface area contributed by atoms with Gasteiger partial charge in [-0.25, -0.2) is 12.8 Å². The van der Waals surface area contributed by atoms with E-state index in [2.05, 4.69) is 5.32 Å². The molecule has 7 nitrogen and oxygen atoms in total. The van der Waals surface area contributed by atoms with Crippen molar-refractivity contribution in [3.05, 3.63) is 63.9 Å². The van der Waals surface area contributed by atoms with Crippen LogP contribution in [0.3, 0.4) is 0 Å². The van der Waals surface area contributed by atoms with Crippen molar-refractivity contribution in [2.24, 2.45) is 5.92 Å². The summed E-state index contributed by atoms with van der Waals surface area (Å²) in [6, 6.07) is 8.73. The monoisotopic (exact) mass is 531 g/mol. The first-order valence-electron chi connectivity index (χ1n) is 10.5. The van der Waals surface area contributed by atoms with E-state index in [0.29, 0.717) is 22.2 Å². The van der Waals surface area contributed by atoms with Gasteiger partial charge in [0.05, 0.1) is 11.9 Å². The molecule has 1 atom stereocenters. The molecule has 1 N–H and O–H groups in total. The third-order valence-corrected chi connectivity index (χ3v) is 6.71. The minimum Gasteiger partial charge on any atom is -0.354 e. The van der Waals surface area contributed by atoms with Crippen molar-refractivity contribution in [1.29, 1.82) is 0 Å². The molecule has 2 aromatic carbocycles. The maximum absolute atomic E-state index is 13.8. The van der Waals surface area contributed by atoms with Gasteiger partial charge in [0.25, 0.3) is 0 Å². The number of benzene rings is 2. The summed E-state index contributed by atoms with van der Waals surface area (Å²) in [4.78, 5) is 27.4. The van der Waals surface area contributed by atoms with Gasteiger partial charge in [-0.3, -0.25) is 13.9 Å². The van der Waals surface area contributed by atoms with Crippen LogP contribution in [0.4, 0.5) is 10.1 Å². The van der Waals surface area contributed by atoms with Crippen molar-refractivity contribution in [1.82, 2.24) is 10.2 Å². The highest BCUT2D eigenvalue weighted by molar-refractivity contribution is 7.92. The Labute approximate surface area is 209 Å². The van der Waals surface area contributed by atoms with E-state index in [-0.39, 0.29) is 18.2 Å². The van der Waals surface area contributed by atoms with Gasteiger partial charge in [-0.15, -0.1) is 0 Å². The largest absolute Gasteiger partial charge is 0.354 e. The predicted molar refractivity (Wildman–Crippen MR) is 133 cm³/mol. The molecule has 0 unspecified atom stereocenters. The van der Waals surface area contributed by atoms with Crippen LogP contribution >= 0.6 is 23.2 Å². The van der Waals surface area contributed by atoms with E-state index in [9.17, 15) is 22.4 Å². The molecule has 0 aliphatic rings. The van der Waals surface area contributed by atoms with Crippen LogP contribution in [0.5, 0.6) is 0 Å². The topological polar surface area (TPSA) is 86.8 Å². The van der Waals surface area contributed by atoms with Crippen molar-refractivity contribution in [2.75, 3.05) is 23.7 Å². The zero-order chi connectivity index (χ0) is 25.6. The Morgan fingerprint density at radius 2 is 1.76 bits per heavy atom. The van der Waals surface area contributed by atoms with Gasteiger partial charge >= 0.3 is 0 Å². The second-order valence-electron chi connectivity index (χ2n) is 8.32. The first-order valence-corrected chi connectivity index (χ1v) is 13.1. The lowest BCUT2D eigenvalue weighted by Gasteiger charge is -2.31. The van der Waals surface area contributed by atoms with Crippen molar-refractivity contribution >= 4 is 50.7 Å². The first-order chi connectivity index (χ1) is 15.8. The number of anilines is 1. The molecule has 0 radical (unpaired) electrons. The Balaban J connectivity index is 2.40. The molecule has 2 amide bonds. The van der Waals surface area contributed by atoms with Crippen LogP contribution in [-0.2, 0) is 26.2 Å². The standard InChI is InChI=1S/C23H28Cl2FN3O4S/c1-15(2)12-27-23(31)16(3)28(13-17-8-9-18(24)10-21(17)25)22(30)14-29(34(4,32)33)20-7-5-6-19(26)11-20/h5-11,15-16H,12-14H2,1-4H3,(H,27,31)/t16-/m0/s1. The molecule has 0 aliphatic heterocycles. The summed E-state index contributed by atoms with van der Waals surface area (Å²) in [6.45, 7) is 5.13. The Morgan fingerprint density at radius 3 is 2.32 bits per heavy atom. The summed E-state index contributed by atoms with van der Waals surface area (Å²) >= 11 is 12.3. The lowest BCUT2D eigenvalue weighted by atomic mass is 10.1. The van der Waals surface area contributed by atoms with Crippen LogP contribution in [-0.4, -0.2) is 50.5 Å². The Kier molecular flexibility index (Phi) is 9.73. The summed E-state index contributed by atoms with van der Waals surface area (Å²) in [6.07, 6.45) is 0.921. The van der Waals surface area contributed by atoms with Crippen LogP contribution in [0, 0.1) is 11.7 Å². The van der Waals surface area contributed by atoms with Gasteiger partial charge in [0.1, 0.15) is 18.4 Å². The average Bonchev–Trinajstić information content (AvgIpc) is 2.73. The fraction of sp³-hybridized carbons (Fsp3) is 0.391. The Bertz CT molecular complexity index is 1140. The van der Waals surface area contributed by atoms with E-state index in [1.54, 1.807) is 19.1 Å². The third-order valence-electron chi connectivity index (χ3n) is 4.98.